The fourth-order valence-corrected chi connectivity index (χ4v) is 3.59. The Bertz CT molecular complexity index is 1110. The molecule has 0 saturated carbocycles. The van der Waals surface area contributed by atoms with E-state index >= 15 is 0 Å². The molecule has 0 aliphatic heterocycles. The third-order valence-corrected chi connectivity index (χ3v) is 5.27. The maximum absolute atomic E-state index is 12.5. The van der Waals surface area contributed by atoms with E-state index in [0.717, 1.165) is 22.4 Å². The minimum atomic E-state index is -4.70. The molecule has 3 rings (SSSR count). The van der Waals surface area contributed by atoms with E-state index in [1.165, 1.54) is 12.1 Å². The van der Waals surface area contributed by atoms with Gasteiger partial charge in [-0.05, 0) is 49.7 Å². The fraction of sp³-hybridized carbons (Fsp3) is 0.261. The molecule has 0 unspecified atom stereocenters. The zero-order valence-electron chi connectivity index (χ0n) is 17.7. The van der Waals surface area contributed by atoms with E-state index in [1.807, 2.05) is 43.1 Å². The SMILES string of the molecule is Cc1[nH]c(C)c(-c2ccc(CN(C)Cc3ccc(OC(F)(F)F)cc3)cc2)c(=O)c1Cl.Cl. The van der Waals surface area contributed by atoms with Gasteiger partial charge in [-0.3, -0.25) is 9.69 Å². The first-order chi connectivity index (χ1) is 14.5. The minimum Gasteiger partial charge on any atom is -0.406 e. The molecule has 1 N–H and O–H groups in total. The van der Waals surface area contributed by atoms with Crippen molar-refractivity contribution >= 4 is 24.0 Å². The Balaban J connectivity index is 0.00000363. The average Bonchev–Trinajstić information content (AvgIpc) is 2.68. The molecule has 0 bridgehead atoms. The highest BCUT2D eigenvalue weighted by atomic mass is 35.5. The quantitative estimate of drug-likeness (QED) is 0.446. The van der Waals surface area contributed by atoms with Crippen molar-refractivity contribution in [1.82, 2.24) is 9.88 Å². The summed E-state index contributed by atoms with van der Waals surface area (Å²) in [5.74, 6) is -0.240. The average molecular weight is 487 g/mol. The first-order valence-corrected chi connectivity index (χ1v) is 9.93. The van der Waals surface area contributed by atoms with Crippen LogP contribution >= 0.6 is 24.0 Å². The van der Waals surface area contributed by atoms with E-state index in [9.17, 15) is 18.0 Å². The van der Waals surface area contributed by atoms with Crippen LogP contribution in [0, 0.1) is 13.8 Å². The molecule has 0 spiro atoms. The number of aryl methyl sites for hydroxylation is 2. The number of H-pyrrole nitrogens is 1. The first kappa shape index (κ1) is 25.8. The number of pyridine rings is 1. The molecule has 4 nitrogen and oxygen atoms in total. The van der Waals surface area contributed by atoms with Gasteiger partial charge in [0.1, 0.15) is 10.8 Å². The number of hydrogen-bond donors (Lipinski definition) is 1. The Morgan fingerprint density at radius 1 is 0.938 bits per heavy atom. The number of aromatic nitrogens is 1. The molecule has 0 radical (unpaired) electrons. The Kier molecular flexibility index (Phi) is 8.40. The zero-order valence-corrected chi connectivity index (χ0v) is 19.3. The summed E-state index contributed by atoms with van der Waals surface area (Å²) >= 11 is 6.11. The highest BCUT2D eigenvalue weighted by molar-refractivity contribution is 6.31. The monoisotopic (exact) mass is 486 g/mol. The predicted octanol–water partition coefficient (Wildman–Crippen LogP) is 6.26. The van der Waals surface area contributed by atoms with Crippen molar-refractivity contribution in [2.75, 3.05) is 7.05 Å². The first-order valence-electron chi connectivity index (χ1n) is 9.55. The third-order valence-electron chi connectivity index (χ3n) is 4.81. The topological polar surface area (TPSA) is 45.3 Å². The van der Waals surface area contributed by atoms with Crippen molar-refractivity contribution in [1.29, 1.82) is 0 Å². The number of rotatable bonds is 6. The number of nitrogens with one attached hydrogen (secondary N) is 1. The Morgan fingerprint density at radius 2 is 1.44 bits per heavy atom. The second-order valence-corrected chi connectivity index (χ2v) is 7.83. The van der Waals surface area contributed by atoms with Crippen molar-refractivity contribution in [3.05, 3.63) is 86.3 Å². The number of hydrogen-bond acceptors (Lipinski definition) is 3. The lowest BCUT2D eigenvalue weighted by molar-refractivity contribution is -0.274. The van der Waals surface area contributed by atoms with Crippen LogP contribution in [0.15, 0.2) is 53.3 Å². The van der Waals surface area contributed by atoms with Gasteiger partial charge >= 0.3 is 6.36 Å². The van der Waals surface area contributed by atoms with Crippen LogP contribution in [-0.4, -0.2) is 23.3 Å². The highest BCUT2D eigenvalue weighted by Gasteiger charge is 2.30. The van der Waals surface area contributed by atoms with Gasteiger partial charge < -0.3 is 9.72 Å². The van der Waals surface area contributed by atoms with Crippen LogP contribution in [0.25, 0.3) is 11.1 Å². The van der Waals surface area contributed by atoms with Crippen molar-refractivity contribution in [2.45, 2.75) is 33.3 Å². The van der Waals surface area contributed by atoms with Gasteiger partial charge in [-0.25, -0.2) is 0 Å². The van der Waals surface area contributed by atoms with E-state index in [0.29, 0.717) is 24.3 Å². The largest absolute Gasteiger partial charge is 0.573 e. The third kappa shape index (κ3) is 6.51. The fourth-order valence-electron chi connectivity index (χ4n) is 3.45. The standard InChI is InChI=1S/C23H22ClF3N2O2.ClH/c1-14-20(22(30)21(24)15(2)28-14)18-8-4-16(5-9-18)12-29(3)13-17-6-10-19(11-7-17)31-23(25,26)27;/h4-11H,12-13H2,1-3H3,(H,28,30);1H. The second-order valence-electron chi connectivity index (χ2n) is 7.45. The van der Waals surface area contributed by atoms with Crippen LogP contribution in [0.3, 0.4) is 0 Å². The van der Waals surface area contributed by atoms with Gasteiger partial charge in [0.25, 0.3) is 0 Å². The Morgan fingerprint density at radius 3 is 1.94 bits per heavy atom. The molecular formula is C23H23Cl2F3N2O2. The van der Waals surface area contributed by atoms with E-state index < -0.39 is 6.36 Å². The Hall–Kier alpha value is -2.48. The van der Waals surface area contributed by atoms with Crippen LogP contribution in [0.5, 0.6) is 5.75 Å². The summed E-state index contributed by atoms with van der Waals surface area (Å²) in [6.07, 6.45) is -4.70. The predicted molar refractivity (Wildman–Crippen MR) is 123 cm³/mol. The smallest absolute Gasteiger partial charge is 0.406 e. The maximum Gasteiger partial charge on any atom is 0.573 e. The number of alkyl halides is 3. The van der Waals surface area contributed by atoms with Crippen LogP contribution in [0.4, 0.5) is 13.2 Å². The summed E-state index contributed by atoms with van der Waals surface area (Å²) < 4.78 is 40.7. The molecule has 9 heteroatoms. The lowest BCUT2D eigenvalue weighted by Gasteiger charge is -2.18. The molecule has 2 aromatic carbocycles. The molecular weight excluding hydrogens is 464 g/mol. The van der Waals surface area contributed by atoms with Gasteiger partial charge in [0.15, 0.2) is 0 Å². The molecule has 0 amide bonds. The molecule has 0 aliphatic carbocycles. The molecule has 0 fully saturated rings. The summed E-state index contributed by atoms with van der Waals surface area (Å²) in [6, 6.07) is 13.5. The van der Waals surface area contributed by atoms with E-state index in [-0.39, 0.29) is 28.6 Å². The van der Waals surface area contributed by atoms with Gasteiger partial charge in [-0.15, -0.1) is 25.6 Å². The van der Waals surface area contributed by atoms with E-state index in [1.54, 1.807) is 19.1 Å². The molecule has 0 atom stereocenters. The van der Waals surface area contributed by atoms with Crippen molar-refractivity contribution in [3.63, 3.8) is 0 Å². The van der Waals surface area contributed by atoms with Gasteiger partial charge in [0.05, 0.1) is 0 Å². The number of aromatic amines is 1. The van der Waals surface area contributed by atoms with E-state index in [2.05, 4.69) is 9.72 Å². The van der Waals surface area contributed by atoms with Crippen LogP contribution in [0.1, 0.15) is 22.5 Å². The minimum absolute atomic E-state index is 0. The molecule has 3 aromatic rings. The number of halogens is 5. The van der Waals surface area contributed by atoms with Gasteiger partial charge in [-0.2, -0.15) is 0 Å². The zero-order chi connectivity index (χ0) is 22.8. The lowest BCUT2D eigenvalue weighted by atomic mass is 10.0. The van der Waals surface area contributed by atoms with Crippen molar-refractivity contribution in [3.8, 4) is 16.9 Å². The summed E-state index contributed by atoms with van der Waals surface area (Å²) in [5.41, 5.74) is 4.45. The second kappa shape index (κ2) is 10.4. The molecule has 1 aromatic heterocycles. The Labute approximate surface area is 195 Å². The summed E-state index contributed by atoms with van der Waals surface area (Å²) in [5, 5.41) is 0.191. The highest BCUT2D eigenvalue weighted by Crippen LogP contribution is 2.24. The summed E-state index contributed by atoms with van der Waals surface area (Å²) in [6.45, 7) is 4.79. The summed E-state index contributed by atoms with van der Waals surface area (Å²) in [7, 11) is 1.92. The van der Waals surface area contributed by atoms with Crippen LogP contribution < -0.4 is 10.2 Å². The molecule has 1 heterocycles. The van der Waals surface area contributed by atoms with Crippen molar-refractivity contribution < 1.29 is 17.9 Å². The number of nitrogens with zero attached hydrogens (tertiary/aromatic N) is 1. The van der Waals surface area contributed by atoms with Crippen LogP contribution in [0.2, 0.25) is 5.02 Å². The molecule has 0 aliphatic rings. The number of ether oxygens (including phenoxy) is 1. The molecule has 0 saturated heterocycles. The normalized spacial score (nSPS) is 11.4. The molecule has 172 valence electrons. The summed E-state index contributed by atoms with van der Waals surface area (Å²) in [4.78, 5) is 17.7. The van der Waals surface area contributed by atoms with Gasteiger partial charge in [-0.1, -0.05) is 48.0 Å². The number of benzene rings is 2. The van der Waals surface area contributed by atoms with Gasteiger partial charge in [0.2, 0.25) is 5.43 Å². The van der Waals surface area contributed by atoms with Crippen molar-refractivity contribution in [2.24, 2.45) is 0 Å². The van der Waals surface area contributed by atoms with Gasteiger partial charge in [0, 0.05) is 30.0 Å². The van der Waals surface area contributed by atoms with Crippen LogP contribution in [-0.2, 0) is 13.1 Å². The molecule has 32 heavy (non-hydrogen) atoms. The van der Waals surface area contributed by atoms with E-state index in [4.69, 9.17) is 11.6 Å². The lowest BCUT2D eigenvalue weighted by Crippen LogP contribution is -2.18. The maximum atomic E-state index is 12.5.